The minimum atomic E-state index is -1.37. The normalized spacial score (nSPS) is 19.4. The molecule has 7 heteroatoms. The topological polar surface area (TPSA) is 55.6 Å². The second-order valence-corrected chi connectivity index (χ2v) is 5.61. The minimum absolute atomic E-state index is 0.0226. The zero-order chi connectivity index (χ0) is 17.5. The first-order valence-corrected chi connectivity index (χ1v) is 7.22. The highest BCUT2D eigenvalue weighted by Gasteiger charge is 2.48. The highest BCUT2D eigenvalue weighted by atomic mass is 19.1. The second kappa shape index (κ2) is 5.83. The Bertz CT molecular complexity index is 795. The SMILES string of the molecule is CO[C@]1(c2ccc(F)cc2)CN(CC(N)=O)c2c(F)ccc(F)c21. The summed E-state index contributed by atoms with van der Waals surface area (Å²) in [5.41, 5.74) is 4.20. The average molecular weight is 336 g/mol. The fraction of sp³-hybridized carbons (Fsp3) is 0.235. The molecule has 2 aromatic carbocycles. The standard InChI is InChI=1S/C17H15F3N2O2/c1-24-17(10-2-4-11(18)5-3-10)9-22(8-14(21)23)16-13(20)7-6-12(19)15(16)17/h2-7H,8-9H2,1H3,(H2,21,23)/t17-/m0/s1. The van der Waals surface area contributed by atoms with Gasteiger partial charge in [0.15, 0.2) is 0 Å². The van der Waals surface area contributed by atoms with E-state index in [1.165, 1.54) is 36.3 Å². The molecule has 0 saturated carbocycles. The van der Waals surface area contributed by atoms with Crippen molar-refractivity contribution in [3.05, 3.63) is 65.0 Å². The molecule has 0 radical (unpaired) electrons. The van der Waals surface area contributed by atoms with E-state index in [4.69, 9.17) is 10.5 Å². The molecule has 0 fully saturated rings. The molecule has 1 aliphatic rings. The lowest BCUT2D eigenvalue weighted by Crippen LogP contribution is -2.40. The number of nitrogens with two attached hydrogens (primary N) is 1. The van der Waals surface area contributed by atoms with Crippen molar-refractivity contribution in [2.45, 2.75) is 5.60 Å². The summed E-state index contributed by atoms with van der Waals surface area (Å²) >= 11 is 0. The summed E-state index contributed by atoms with van der Waals surface area (Å²) in [6.45, 7) is -0.315. The van der Waals surface area contributed by atoms with Crippen LogP contribution in [0.3, 0.4) is 0 Å². The second-order valence-electron chi connectivity index (χ2n) is 5.61. The maximum Gasteiger partial charge on any atom is 0.236 e. The Morgan fingerprint density at radius 1 is 1.17 bits per heavy atom. The molecular weight excluding hydrogens is 321 g/mol. The fourth-order valence-corrected chi connectivity index (χ4v) is 3.22. The number of halogens is 3. The van der Waals surface area contributed by atoms with Gasteiger partial charge < -0.3 is 15.4 Å². The van der Waals surface area contributed by atoms with Crippen LogP contribution in [0.15, 0.2) is 36.4 Å². The van der Waals surface area contributed by atoms with Crippen LogP contribution in [-0.4, -0.2) is 26.1 Å². The van der Waals surface area contributed by atoms with Crippen molar-refractivity contribution in [2.24, 2.45) is 5.73 Å². The van der Waals surface area contributed by atoms with Crippen molar-refractivity contribution >= 4 is 11.6 Å². The predicted molar refractivity (Wildman–Crippen MR) is 82.0 cm³/mol. The number of fused-ring (bicyclic) bond motifs is 1. The van der Waals surface area contributed by atoms with E-state index >= 15 is 0 Å². The molecule has 24 heavy (non-hydrogen) atoms. The number of methoxy groups -OCH3 is 1. The molecule has 126 valence electrons. The smallest absolute Gasteiger partial charge is 0.236 e. The third-order valence-electron chi connectivity index (χ3n) is 4.22. The zero-order valence-electron chi connectivity index (χ0n) is 12.9. The quantitative estimate of drug-likeness (QED) is 0.932. The van der Waals surface area contributed by atoms with Crippen LogP contribution >= 0.6 is 0 Å². The molecule has 1 amide bonds. The van der Waals surface area contributed by atoms with E-state index in [2.05, 4.69) is 0 Å². The molecule has 0 saturated heterocycles. The van der Waals surface area contributed by atoms with Gasteiger partial charge in [0.1, 0.15) is 23.1 Å². The lowest BCUT2D eigenvalue weighted by atomic mass is 9.87. The molecule has 0 spiro atoms. The molecule has 2 N–H and O–H groups in total. The van der Waals surface area contributed by atoms with Crippen molar-refractivity contribution in [1.29, 1.82) is 0 Å². The van der Waals surface area contributed by atoms with Crippen LogP contribution in [0.5, 0.6) is 0 Å². The lowest BCUT2D eigenvalue weighted by molar-refractivity contribution is -0.116. The molecule has 1 atom stereocenters. The number of rotatable bonds is 4. The third kappa shape index (κ3) is 2.41. The number of amides is 1. The minimum Gasteiger partial charge on any atom is -0.368 e. The van der Waals surface area contributed by atoms with Gasteiger partial charge in [-0.2, -0.15) is 0 Å². The zero-order valence-corrected chi connectivity index (χ0v) is 12.9. The Morgan fingerprint density at radius 3 is 2.38 bits per heavy atom. The van der Waals surface area contributed by atoms with Gasteiger partial charge in [-0.1, -0.05) is 12.1 Å². The van der Waals surface area contributed by atoms with E-state index < -0.39 is 29.0 Å². The van der Waals surface area contributed by atoms with Crippen LogP contribution in [-0.2, 0) is 15.1 Å². The van der Waals surface area contributed by atoms with Crippen LogP contribution in [0.25, 0.3) is 0 Å². The summed E-state index contributed by atoms with van der Waals surface area (Å²) < 4.78 is 47.7. The molecule has 2 aromatic rings. The number of carbonyl (C=O) groups is 1. The summed E-state index contributed by atoms with van der Waals surface area (Å²) in [7, 11) is 1.35. The molecule has 1 aliphatic heterocycles. The molecule has 0 unspecified atom stereocenters. The van der Waals surface area contributed by atoms with Crippen LogP contribution in [0.2, 0.25) is 0 Å². The van der Waals surface area contributed by atoms with Gasteiger partial charge in [-0.15, -0.1) is 0 Å². The number of hydrogen-bond donors (Lipinski definition) is 1. The monoisotopic (exact) mass is 336 g/mol. The fourth-order valence-electron chi connectivity index (χ4n) is 3.22. The largest absolute Gasteiger partial charge is 0.368 e. The number of carbonyl (C=O) groups excluding carboxylic acids is 1. The summed E-state index contributed by atoms with van der Waals surface area (Å²) in [4.78, 5) is 12.7. The number of hydrogen-bond acceptors (Lipinski definition) is 3. The number of nitrogens with zero attached hydrogens (tertiary/aromatic N) is 1. The van der Waals surface area contributed by atoms with Crippen LogP contribution < -0.4 is 10.6 Å². The van der Waals surface area contributed by atoms with Crippen molar-refractivity contribution < 1.29 is 22.7 Å². The number of primary amides is 1. The molecule has 4 nitrogen and oxygen atoms in total. The van der Waals surface area contributed by atoms with Gasteiger partial charge in [0.2, 0.25) is 5.91 Å². The summed E-state index contributed by atoms with van der Waals surface area (Å²) in [6, 6.07) is 7.30. The summed E-state index contributed by atoms with van der Waals surface area (Å²) in [6.07, 6.45) is 0. The van der Waals surface area contributed by atoms with Gasteiger partial charge in [0.25, 0.3) is 0 Å². The lowest BCUT2D eigenvalue weighted by Gasteiger charge is -2.30. The Labute approximate surface area is 136 Å². The Morgan fingerprint density at radius 2 is 1.79 bits per heavy atom. The van der Waals surface area contributed by atoms with E-state index in [1.807, 2.05) is 0 Å². The maximum atomic E-state index is 14.6. The molecule has 1 heterocycles. The molecule has 0 aliphatic carbocycles. The van der Waals surface area contributed by atoms with Gasteiger partial charge in [-0.3, -0.25) is 4.79 Å². The van der Waals surface area contributed by atoms with Crippen molar-refractivity contribution in [1.82, 2.24) is 0 Å². The van der Waals surface area contributed by atoms with Crippen molar-refractivity contribution in [3.8, 4) is 0 Å². The summed E-state index contributed by atoms with van der Waals surface area (Å²) in [5.74, 6) is -2.51. The van der Waals surface area contributed by atoms with E-state index in [0.29, 0.717) is 5.56 Å². The molecular formula is C17H15F3N2O2. The first-order chi connectivity index (χ1) is 11.4. The Hall–Kier alpha value is -2.54. The first kappa shape index (κ1) is 16.3. The number of anilines is 1. The van der Waals surface area contributed by atoms with Gasteiger partial charge in [0.05, 0.1) is 24.3 Å². The van der Waals surface area contributed by atoms with Gasteiger partial charge in [-0.25, -0.2) is 13.2 Å². The highest BCUT2D eigenvalue weighted by Crippen LogP contribution is 2.48. The van der Waals surface area contributed by atoms with Gasteiger partial charge in [0, 0.05) is 7.11 Å². The third-order valence-corrected chi connectivity index (χ3v) is 4.22. The van der Waals surface area contributed by atoms with E-state index in [1.54, 1.807) is 0 Å². The molecule has 0 aromatic heterocycles. The number of ether oxygens (including phenoxy) is 1. The number of benzene rings is 2. The predicted octanol–water partition coefficient (Wildman–Crippen LogP) is 2.30. The maximum absolute atomic E-state index is 14.6. The first-order valence-electron chi connectivity index (χ1n) is 7.22. The summed E-state index contributed by atoms with van der Waals surface area (Å²) in [5, 5.41) is 0. The van der Waals surface area contributed by atoms with Crippen molar-refractivity contribution in [2.75, 3.05) is 25.1 Å². The molecule has 3 rings (SSSR count). The van der Waals surface area contributed by atoms with E-state index in [-0.39, 0.29) is 24.3 Å². The Balaban J connectivity index is 2.24. The van der Waals surface area contributed by atoms with Gasteiger partial charge in [-0.05, 0) is 29.8 Å². The Kier molecular flexibility index (Phi) is 3.96. The van der Waals surface area contributed by atoms with Crippen LogP contribution in [0.1, 0.15) is 11.1 Å². The molecule has 0 bridgehead atoms. The van der Waals surface area contributed by atoms with Crippen molar-refractivity contribution in [3.63, 3.8) is 0 Å². The van der Waals surface area contributed by atoms with Crippen LogP contribution in [0.4, 0.5) is 18.9 Å². The van der Waals surface area contributed by atoms with E-state index in [0.717, 1.165) is 12.1 Å². The average Bonchev–Trinajstić information content (AvgIpc) is 2.87. The highest BCUT2D eigenvalue weighted by molar-refractivity contribution is 5.81. The van der Waals surface area contributed by atoms with E-state index in [9.17, 15) is 18.0 Å². The van der Waals surface area contributed by atoms with Crippen LogP contribution in [0, 0.1) is 17.5 Å². The van der Waals surface area contributed by atoms with Gasteiger partial charge >= 0.3 is 0 Å².